The topological polar surface area (TPSA) is 108 Å². The molecule has 33 heavy (non-hydrogen) atoms. The summed E-state index contributed by atoms with van der Waals surface area (Å²) in [6, 6.07) is 9.78. The molecule has 1 saturated heterocycles. The maximum Gasteiger partial charge on any atom is 0.341 e. The number of sulfonamides is 1. The molecule has 0 atom stereocenters. The summed E-state index contributed by atoms with van der Waals surface area (Å²) in [4.78, 5) is 14.4. The fourth-order valence-corrected chi connectivity index (χ4v) is 5.45. The normalized spacial score (nSPS) is 14.6. The number of anilines is 2. The van der Waals surface area contributed by atoms with E-state index >= 15 is 0 Å². The van der Waals surface area contributed by atoms with E-state index in [1.54, 1.807) is 24.3 Å². The van der Waals surface area contributed by atoms with Crippen LogP contribution in [0.2, 0.25) is 0 Å². The third-order valence-corrected chi connectivity index (χ3v) is 7.30. The minimum absolute atomic E-state index is 0.0311. The zero-order valence-electron chi connectivity index (χ0n) is 19.3. The first-order valence-electron chi connectivity index (χ1n) is 11.4. The standard InChI is InChI=1S/C24H33N3O5S/c1-3-18-12-13-20(22(24(28)29)23(18)32-2)26-33(30,31)21-11-6-5-10-19(21)25-14-9-17-27-15-7-4-8-16-27/h5-6,10-13,25-26H,3-4,7-9,14-17H2,1-2H3,(H,28,29). The van der Waals surface area contributed by atoms with Crippen LogP contribution < -0.4 is 14.8 Å². The van der Waals surface area contributed by atoms with Crippen molar-refractivity contribution in [2.75, 3.05) is 43.3 Å². The van der Waals surface area contributed by atoms with Gasteiger partial charge in [0.2, 0.25) is 0 Å². The number of nitrogens with zero attached hydrogens (tertiary/aromatic N) is 1. The molecule has 1 heterocycles. The average molecular weight is 476 g/mol. The van der Waals surface area contributed by atoms with E-state index in [9.17, 15) is 18.3 Å². The zero-order chi connectivity index (χ0) is 23.8. The number of methoxy groups -OCH3 is 1. The van der Waals surface area contributed by atoms with Crippen molar-refractivity contribution in [3.05, 3.63) is 47.5 Å². The van der Waals surface area contributed by atoms with E-state index in [2.05, 4.69) is 14.9 Å². The Morgan fingerprint density at radius 3 is 2.48 bits per heavy atom. The van der Waals surface area contributed by atoms with E-state index in [4.69, 9.17) is 4.74 Å². The number of carboxylic acid groups (broad SMARTS) is 1. The number of hydrogen-bond acceptors (Lipinski definition) is 6. The Labute approximate surface area is 196 Å². The number of ether oxygens (including phenoxy) is 1. The molecular weight excluding hydrogens is 442 g/mol. The number of nitrogens with one attached hydrogen (secondary N) is 2. The van der Waals surface area contributed by atoms with Crippen molar-refractivity contribution < 1.29 is 23.1 Å². The lowest BCUT2D eigenvalue weighted by Gasteiger charge is -2.26. The fraction of sp³-hybridized carbons (Fsp3) is 0.458. The maximum absolute atomic E-state index is 13.2. The first kappa shape index (κ1) is 24.9. The highest BCUT2D eigenvalue weighted by atomic mass is 32.2. The van der Waals surface area contributed by atoms with E-state index in [0.29, 0.717) is 24.2 Å². The molecule has 3 N–H and O–H groups in total. The Morgan fingerprint density at radius 1 is 1.09 bits per heavy atom. The van der Waals surface area contributed by atoms with Crippen molar-refractivity contribution >= 4 is 27.4 Å². The van der Waals surface area contributed by atoms with Crippen LogP contribution in [0.25, 0.3) is 0 Å². The molecule has 0 saturated carbocycles. The first-order valence-corrected chi connectivity index (χ1v) is 12.9. The van der Waals surface area contributed by atoms with Gasteiger partial charge in [0.15, 0.2) is 0 Å². The number of likely N-dealkylation sites (tertiary alicyclic amines) is 1. The van der Waals surface area contributed by atoms with Crippen LogP contribution in [0.1, 0.15) is 48.5 Å². The smallest absolute Gasteiger partial charge is 0.341 e. The highest BCUT2D eigenvalue weighted by Crippen LogP contribution is 2.33. The molecule has 0 spiro atoms. The number of carboxylic acids is 1. The van der Waals surface area contributed by atoms with Gasteiger partial charge < -0.3 is 20.1 Å². The predicted octanol–water partition coefficient (Wildman–Crippen LogP) is 4.04. The van der Waals surface area contributed by atoms with Crippen molar-refractivity contribution in [2.45, 2.75) is 43.9 Å². The molecule has 0 bridgehead atoms. The Hall–Kier alpha value is -2.78. The minimum Gasteiger partial charge on any atom is -0.495 e. The Morgan fingerprint density at radius 2 is 1.82 bits per heavy atom. The van der Waals surface area contributed by atoms with Gasteiger partial charge >= 0.3 is 5.97 Å². The number of aromatic carboxylic acids is 1. The molecule has 1 aliphatic rings. The van der Waals surface area contributed by atoms with E-state index in [0.717, 1.165) is 26.1 Å². The fourth-order valence-electron chi connectivity index (χ4n) is 4.19. The Bertz CT molecular complexity index is 1070. The van der Waals surface area contributed by atoms with Gasteiger partial charge in [-0.2, -0.15) is 0 Å². The molecule has 0 unspecified atom stereocenters. The van der Waals surface area contributed by atoms with E-state index in [1.165, 1.54) is 38.5 Å². The third-order valence-electron chi connectivity index (χ3n) is 5.87. The molecule has 0 radical (unpaired) electrons. The molecule has 1 aliphatic heterocycles. The number of hydrogen-bond donors (Lipinski definition) is 3. The van der Waals surface area contributed by atoms with Crippen LogP contribution in [0.3, 0.4) is 0 Å². The van der Waals surface area contributed by atoms with Gasteiger partial charge in [0.1, 0.15) is 16.2 Å². The molecule has 0 aliphatic carbocycles. The van der Waals surface area contributed by atoms with Crippen molar-refractivity contribution in [1.29, 1.82) is 0 Å². The zero-order valence-corrected chi connectivity index (χ0v) is 20.1. The molecule has 2 aromatic carbocycles. The SMILES string of the molecule is CCc1ccc(NS(=O)(=O)c2ccccc2NCCCN2CCCCC2)c(C(=O)O)c1OC. The van der Waals surface area contributed by atoms with E-state index in [-0.39, 0.29) is 21.9 Å². The largest absolute Gasteiger partial charge is 0.495 e. The van der Waals surface area contributed by atoms with Crippen molar-refractivity contribution in [3.63, 3.8) is 0 Å². The van der Waals surface area contributed by atoms with Crippen LogP contribution in [0, 0.1) is 0 Å². The van der Waals surface area contributed by atoms with Crippen molar-refractivity contribution in [3.8, 4) is 5.75 Å². The summed E-state index contributed by atoms with van der Waals surface area (Å²) in [5, 5.41) is 13.0. The summed E-state index contributed by atoms with van der Waals surface area (Å²) in [6.07, 6.45) is 5.23. The van der Waals surface area contributed by atoms with Crippen LogP contribution in [-0.4, -0.2) is 57.7 Å². The van der Waals surface area contributed by atoms with Crippen molar-refractivity contribution in [1.82, 2.24) is 4.90 Å². The second-order valence-corrected chi connectivity index (χ2v) is 9.77. The maximum atomic E-state index is 13.2. The molecule has 8 nitrogen and oxygen atoms in total. The van der Waals surface area contributed by atoms with E-state index in [1.807, 2.05) is 6.92 Å². The van der Waals surface area contributed by atoms with Crippen LogP contribution in [0.15, 0.2) is 41.3 Å². The molecule has 9 heteroatoms. The molecule has 3 rings (SSSR count). The van der Waals surface area contributed by atoms with Gasteiger partial charge in [0.25, 0.3) is 10.0 Å². The minimum atomic E-state index is -4.04. The van der Waals surface area contributed by atoms with Gasteiger partial charge in [-0.1, -0.05) is 31.5 Å². The lowest BCUT2D eigenvalue weighted by Crippen LogP contribution is -2.31. The van der Waals surface area contributed by atoms with Gasteiger partial charge in [-0.05, 0) is 69.1 Å². The molecule has 2 aromatic rings. The highest BCUT2D eigenvalue weighted by molar-refractivity contribution is 7.92. The summed E-state index contributed by atoms with van der Waals surface area (Å²) >= 11 is 0. The predicted molar refractivity (Wildman–Crippen MR) is 130 cm³/mol. The second kappa shape index (κ2) is 11.4. The van der Waals surface area contributed by atoms with E-state index < -0.39 is 16.0 Å². The highest BCUT2D eigenvalue weighted by Gasteiger charge is 2.25. The van der Waals surface area contributed by atoms with Gasteiger partial charge in [-0.3, -0.25) is 4.72 Å². The third kappa shape index (κ3) is 6.17. The summed E-state index contributed by atoms with van der Waals surface area (Å²) in [5.74, 6) is -1.10. The summed E-state index contributed by atoms with van der Waals surface area (Å²) in [6.45, 7) is 5.75. The summed E-state index contributed by atoms with van der Waals surface area (Å²) in [5.41, 5.74) is 0.940. The van der Waals surface area contributed by atoms with Gasteiger partial charge in [0.05, 0.1) is 18.5 Å². The van der Waals surface area contributed by atoms with Crippen LogP contribution in [0.5, 0.6) is 5.75 Å². The molecule has 1 fully saturated rings. The van der Waals surface area contributed by atoms with Crippen molar-refractivity contribution in [2.24, 2.45) is 0 Å². The molecule has 0 amide bonds. The number of rotatable bonds is 11. The number of piperidine rings is 1. The summed E-state index contributed by atoms with van der Waals surface area (Å²) in [7, 11) is -2.67. The number of aryl methyl sites for hydroxylation is 1. The molecule has 180 valence electrons. The Kier molecular flexibility index (Phi) is 8.57. The van der Waals surface area contributed by atoms with Crippen LogP contribution in [-0.2, 0) is 16.4 Å². The van der Waals surface area contributed by atoms with Gasteiger partial charge in [-0.25, -0.2) is 13.2 Å². The van der Waals surface area contributed by atoms with Crippen LogP contribution in [0.4, 0.5) is 11.4 Å². The second-order valence-electron chi connectivity index (χ2n) is 8.12. The quantitative estimate of drug-likeness (QED) is 0.421. The average Bonchev–Trinajstić information content (AvgIpc) is 2.82. The van der Waals surface area contributed by atoms with Gasteiger partial charge in [0, 0.05) is 6.54 Å². The van der Waals surface area contributed by atoms with Crippen LogP contribution >= 0.6 is 0 Å². The lowest BCUT2D eigenvalue weighted by molar-refractivity contribution is 0.0694. The number of para-hydroxylation sites is 1. The first-order chi connectivity index (χ1) is 15.9. The Balaban J connectivity index is 1.78. The van der Waals surface area contributed by atoms with Gasteiger partial charge in [-0.15, -0.1) is 0 Å². The summed E-state index contributed by atoms with van der Waals surface area (Å²) < 4.78 is 34.2. The molecular formula is C24H33N3O5S. The number of benzene rings is 2. The number of carbonyl (C=O) groups is 1. The monoisotopic (exact) mass is 475 g/mol. The lowest BCUT2D eigenvalue weighted by atomic mass is 10.0. The molecule has 0 aromatic heterocycles.